The van der Waals surface area contributed by atoms with E-state index in [-0.39, 0.29) is 11.8 Å². The number of hydrogen-bond acceptors (Lipinski definition) is 3. The van der Waals surface area contributed by atoms with Gasteiger partial charge in [0.1, 0.15) is 6.54 Å². The number of rotatable bonds is 4. The van der Waals surface area contributed by atoms with E-state index in [9.17, 15) is 9.59 Å². The first-order valence-corrected chi connectivity index (χ1v) is 15.1. The number of carbonyl (C=O) groups is 2. The molecule has 1 aromatic heterocycles. The standard InChI is InChI=1S/C34H37ClN4O2/c1-25(40)38-18-8-17-36(22-26-9-3-2-4-10-26)19-20-37(23-27-21-28(35)15-16-31(27)38)34(41)24-39-32-13-6-5-11-29(32)30-12-7-14-33(30)39/h2-6,9-11,13,15-16,21H,7-8,12,14,17-20,22-24H2,1H3. The molecule has 0 atom stereocenters. The van der Waals surface area contributed by atoms with Crippen molar-refractivity contribution in [3.05, 3.63) is 100 Å². The van der Waals surface area contributed by atoms with Crippen LogP contribution < -0.4 is 4.90 Å². The highest BCUT2D eigenvalue weighted by atomic mass is 35.5. The molecule has 2 heterocycles. The Labute approximate surface area is 247 Å². The molecule has 1 aliphatic carbocycles. The van der Waals surface area contributed by atoms with Crippen LogP contribution in [0, 0.1) is 0 Å². The molecule has 0 saturated heterocycles. The highest BCUT2D eigenvalue weighted by Crippen LogP contribution is 2.33. The lowest BCUT2D eigenvalue weighted by Gasteiger charge is -2.29. The summed E-state index contributed by atoms with van der Waals surface area (Å²) in [6.45, 7) is 5.92. The molecule has 3 aromatic carbocycles. The molecule has 6 rings (SSSR count). The number of hydrogen-bond donors (Lipinski definition) is 0. The minimum absolute atomic E-state index is 0.00493. The Kier molecular flexibility index (Phi) is 8.13. The van der Waals surface area contributed by atoms with Crippen molar-refractivity contribution in [2.24, 2.45) is 0 Å². The Bertz CT molecular complexity index is 1560. The predicted molar refractivity (Wildman–Crippen MR) is 165 cm³/mol. The van der Waals surface area contributed by atoms with Gasteiger partial charge in [-0.3, -0.25) is 14.5 Å². The van der Waals surface area contributed by atoms with Gasteiger partial charge in [0.2, 0.25) is 11.8 Å². The second-order valence-electron chi connectivity index (χ2n) is 11.3. The fraction of sp³-hybridized carbons (Fsp3) is 0.353. The minimum atomic E-state index is -0.00493. The topological polar surface area (TPSA) is 48.8 Å². The lowest BCUT2D eigenvalue weighted by atomic mass is 10.1. The maximum atomic E-state index is 14.2. The average Bonchev–Trinajstić information content (AvgIpc) is 3.55. The zero-order chi connectivity index (χ0) is 28.3. The van der Waals surface area contributed by atoms with Crippen LogP contribution >= 0.6 is 11.6 Å². The molecule has 0 unspecified atom stereocenters. The summed E-state index contributed by atoms with van der Waals surface area (Å²) in [6.07, 6.45) is 4.05. The highest BCUT2D eigenvalue weighted by Gasteiger charge is 2.26. The Morgan fingerprint density at radius 3 is 2.49 bits per heavy atom. The van der Waals surface area contributed by atoms with E-state index in [0.717, 1.165) is 62.1 Å². The van der Waals surface area contributed by atoms with E-state index in [1.54, 1.807) is 6.92 Å². The molecular weight excluding hydrogens is 532 g/mol. The molecule has 0 saturated carbocycles. The SMILES string of the molecule is CC(=O)N1CCCN(Cc2ccccc2)CCN(C(=O)Cn2c3c(c4ccccc42)CCC3)Cc2cc(Cl)ccc21. The second kappa shape index (κ2) is 12.1. The molecule has 2 amide bonds. The monoisotopic (exact) mass is 568 g/mol. The molecule has 0 bridgehead atoms. The number of halogens is 1. The van der Waals surface area contributed by atoms with Crippen molar-refractivity contribution in [3.8, 4) is 0 Å². The Hall–Kier alpha value is -3.61. The normalized spacial score (nSPS) is 16.3. The van der Waals surface area contributed by atoms with Crippen LogP contribution in [-0.4, -0.2) is 52.4 Å². The molecule has 1 aliphatic heterocycles. The molecule has 41 heavy (non-hydrogen) atoms. The summed E-state index contributed by atoms with van der Waals surface area (Å²) in [5.41, 5.74) is 6.82. The molecular formula is C34H37ClN4O2. The molecule has 0 fully saturated rings. The van der Waals surface area contributed by atoms with Crippen molar-refractivity contribution in [2.75, 3.05) is 31.1 Å². The molecule has 2 aliphatic rings. The van der Waals surface area contributed by atoms with Gasteiger partial charge in [0.15, 0.2) is 0 Å². The first-order valence-electron chi connectivity index (χ1n) is 14.7. The van der Waals surface area contributed by atoms with Crippen LogP contribution in [0.3, 0.4) is 0 Å². The summed E-state index contributed by atoms with van der Waals surface area (Å²) in [5.74, 6) is 0.0781. The molecule has 0 radical (unpaired) electrons. The van der Waals surface area contributed by atoms with Crippen molar-refractivity contribution in [2.45, 2.75) is 52.2 Å². The minimum Gasteiger partial charge on any atom is -0.335 e. The number of benzene rings is 3. The van der Waals surface area contributed by atoms with Crippen molar-refractivity contribution < 1.29 is 9.59 Å². The first-order chi connectivity index (χ1) is 20.0. The number of fused-ring (bicyclic) bond motifs is 4. The van der Waals surface area contributed by atoms with Gasteiger partial charge in [0, 0.05) is 73.5 Å². The van der Waals surface area contributed by atoms with Gasteiger partial charge in [0.05, 0.1) is 0 Å². The fourth-order valence-corrected chi connectivity index (χ4v) is 6.75. The van der Waals surface area contributed by atoms with Crippen LogP contribution in [0.25, 0.3) is 10.9 Å². The quantitative estimate of drug-likeness (QED) is 0.300. The van der Waals surface area contributed by atoms with Crippen LogP contribution in [-0.2, 0) is 42.1 Å². The zero-order valence-corrected chi connectivity index (χ0v) is 24.4. The molecule has 7 heteroatoms. The van der Waals surface area contributed by atoms with Crippen LogP contribution in [0.5, 0.6) is 0 Å². The second-order valence-corrected chi connectivity index (χ2v) is 11.7. The fourth-order valence-electron chi connectivity index (χ4n) is 6.56. The summed E-state index contributed by atoms with van der Waals surface area (Å²) >= 11 is 6.47. The smallest absolute Gasteiger partial charge is 0.242 e. The van der Waals surface area contributed by atoms with Crippen molar-refractivity contribution in [1.29, 1.82) is 0 Å². The Morgan fingerprint density at radius 1 is 0.854 bits per heavy atom. The van der Waals surface area contributed by atoms with E-state index >= 15 is 0 Å². The van der Waals surface area contributed by atoms with Crippen LogP contribution in [0.15, 0.2) is 72.8 Å². The number of nitrogens with zero attached hydrogens (tertiary/aromatic N) is 4. The number of aryl methyl sites for hydroxylation is 1. The maximum Gasteiger partial charge on any atom is 0.242 e. The van der Waals surface area contributed by atoms with Gasteiger partial charge < -0.3 is 14.4 Å². The molecule has 0 spiro atoms. The summed E-state index contributed by atoms with van der Waals surface area (Å²) in [4.78, 5) is 33.2. The van der Waals surface area contributed by atoms with E-state index in [0.29, 0.717) is 31.2 Å². The highest BCUT2D eigenvalue weighted by molar-refractivity contribution is 6.30. The van der Waals surface area contributed by atoms with Crippen LogP contribution in [0.2, 0.25) is 5.02 Å². The van der Waals surface area contributed by atoms with Crippen molar-refractivity contribution in [3.63, 3.8) is 0 Å². The Balaban J connectivity index is 1.34. The first kappa shape index (κ1) is 27.6. The van der Waals surface area contributed by atoms with E-state index in [4.69, 9.17) is 11.6 Å². The van der Waals surface area contributed by atoms with E-state index in [1.807, 2.05) is 34.1 Å². The summed E-state index contributed by atoms with van der Waals surface area (Å²) in [7, 11) is 0. The largest absolute Gasteiger partial charge is 0.335 e. The van der Waals surface area contributed by atoms with Gasteiger partial charge in [-0.2, -0.15) is 0 Å². The van der Waals surface area contributed by atoms with Crippen LogP contribution in [0.4, 0.5) is 5.69 Å². The van der Waals surface area contributed by atoms with Crippen LogP contribution in [0.1, 0.15) is 42.1 Å². The van der Waals surface area contributed by atoms with Crippen molar-refractivity contribution in [1.82, 2.24) is 14.4 Å². The number of carbonyl (C=O) groups excluding carboxylic acids is 2. The summed E-state index contributed by atoms with van der Waals surface area (Å²) < 4.78 is 2.24. The third kappa shape index (κ3) is 5.90. The average molecular weight is 569 g/mol. The molecule has 0 N–H and O–H groups in total. The molecule has 4 aromatic rings. The van der Waals surface area contributed by atoms with Gasteiger partial charge in [-0.15, -0.1) is 0 Å². The Morgan fingerprint density at radius 2 is 1.66 bits per heavy atom. The number of amides is 2. The third-order valence-electron chi connectivity index (χ3n) is 8.55. The predicted octanol–water partition coefficient (Wildman–Crippen LogP) is 6.07. The van der Waals surface area contributed by atoms with E-state index < -0.39 is 0 Å². The van der Waals surface area contributed by atoms with Gasteiger partial charge in [-0.05, 0) is 66.6 Å². The van der Waals surface area contributed by atoms with E-state index in [2.05, 4.69) is 58.0 Å². The summed E-state index contributed by atoms with van der Waals surface area (Å²) in [6, 6.07) is 24.6. The molecule has 6 nitrogen and oxygen atoms in total. The zero-order valence-electron chi connectivity index (χ0n) is 23.7. The third-order valence-corrected chi connectivity index (χ3v) is 8.78. The number of aromatic nitrogens is 1. The summed E-state index contributed by atoms with van der Waals surface area (Å²) in [5, 5.41) is 1.88. The van der Waals surface area contributed by atoms with Gasteiger partial charge in [0.25, 0.3) is 0 Å². The number of para-hydroxylation sites is 1. The maximum absolute atomic E-state index is 14.2. The van der Waals surface area contributed by atoms with Gasteiger partial charge in [-0.25, -0.2) is 0 Å². The lowest BCUT2D eigenvalue weighted by Crippen LogP contribution is -2.40. The van der Waals surface area contributed by atoms with E-state index in [1.165, 1.54) is 22.2 Å². The lowest BCUT2D eigenvalue weighted by molar-refractivity contribution is -0.132. The number of anilines is 1. The van der Waals surface area contributed by atoms with Gasteiger partial charge in [-0.1, -0.05) is 60.1 Å². The van der Waals surface area contributed by atoms with Crippen molar-refractivity contribution >= 4 is 40.0 Å². The van der Waals surface area contributed by atoms with Gasteiger partial charge >= 0.3 is 0 Å². The molecule has 212 valence electrons.